The van der Waals surface area contributed by atoms with Crippen LogP contribution in [0.2, 0.25) is 0 Å². The van der Waals surface area contributed by atoms with Crippen LogP contribution in [0, 0.1) is 17.1 Å². The molecule has 1 fully saturated rings. The van der Waals surface area contributed by atoms with E-state index < -0.39 is 5.82 Å². The van der Waals surface area contributed by atoms with Gasteiger partial charge in [0.05, 0.1) is 6.10 Å². The highest BCUT2D eigenvalue weighted by Gasteiger charge is 2.18. The Labute approximate surface area is 138 Å². The maximum absolute atomic E-state index is 14.2. The van der Waals surface area contributed by atoms with E-state index in [1.54, 1.807) is 12.1 Å². The zero-order chi connectivity index (χ0) is 16.8. The number of hydrogen-bond donors (Lipinski definition) is 2. The van der Waals surface area contributed by atoms with Gasteiger partial charge in [0.1, 0.15) is 28.9 Å². The fourth-order valence-electron chi connectivity index (χ4n) is 2.67. The van der Waals surface area contributed by atoms with Crippen LogP contribution in [0.5, 0.6) is 5.75 Å². The van der Waals surface area contributed by atoms with Gasteiger partial charge in [-0.15, -0.1) is 10.2 Å². The molecule has 3 rings (SSSR count). The number of benzene rings is 1. The van der Waals surface area contributed by atoms with Gasteiger partial charge in [-0.2, -0.15) is 10.5 Å². The van der Waals surface area contributed by atoms with Gasteiger partial charge in [-0.3, -0.25) is 0 Å². The van der Waals surface area contributed by atoms with E-state index in [9.17, 15) is 9.65 Å². The second-order valence-electron chi connectivity index (χ2n) is 5.54. The summed E-state index contributed by atoms with van der Waals surface area (Å²) in [5.41, 5.74) is 0.329. The zero-order valence-electron chi connectivity index (χ0n) is 13.0. The Morgan fingerprint density at radius 3 is 2.92 bits per heavy atom. The minimum absolute atomic E-state index is 0.0951. The van der Waals surface area contributed by atoms with Crippen molar-refractivity contribution in [1.29, 1.82) is 5.26 Å². The molecule has 124 valence electrons. The lowest BCUT2D eigenvalue weighted by atomic mass is 9.98. The van der Waals surface area contributed by atoms with E-state index >= 15 is 0 Å². The summed E-state index contributed by atoms with van der Waals surface area (Å²) in [5, 5.41) is 25.1. The van der Waals surface area contributed by atoms with E-state index in [0.717, 1.165) is 25.7 Å². The van der Waals surface area contributed by atoms with Crippen LogP contribution in [0.4, 0.5) is 10.1 Å². The number of nitrogens with one attached hydrogen (secondary N) is 2. The molecule has 1 heterocycles. The molecule has 0 saturated heterocycles. The molecule has 2 N–H and O–H groups in total. The minimum atomic E-state index is -0.454. The molecule has 0 aliphatic heterocycles. The highest BCUT2D eigenvalue weighted by atomic mass is 19.1. The lowest BCUT2D eigenvalue weighted by Gasteiger charge is -2.24. The van der Waals surface area contributed by atoms with Gasteiger partial charge in [-0.25, -0.2) is 4.39 Å². The number of allylic oxidation sites excluding steroid dienone is 1. The lowest BCUT2D eigenvalue weighted by molar-refractivity contribution is 0.155. The van der Waals surface area contributed by atoms with E-state index in [1.807, 2.05) is 6.07 Å². The van der Waals surface area contributed by atoms with Gasteiger partial charge in [0.25, 0.3) is 0 Å². The Bertz CT molecular complexity index is 746. The molecular formula is C16H17FN6O. The van der Waals surface area contributed by atoms with E-state index in [0.29, 0.717) is 5.75 Å². The highest BCUT2D eigenvalue weighted by molar-refractivity contribution is 5.75. The highest BCUT2D eigenvalue weighted by Crippen LogP contribution is 2.31. The summed E-state index contributed by atoms with van der Waals surface area (Å²) in [6.45, 7) is 0. The normalized spacial score (nSPS) is 15.8. The fraction of sp³-hybridized carbons (Fsp3) is 0.375. The summed E-state index contributed by atoms with van der Waals surface area (Å²) in [7, 11) is 0. The molecule has 0 spiro atoms. The molecule has 0 atom stereocenters. The Morgan fingerprint density at radius 1 is 1.38 bits per heavy atom. The Kier molecular flexibility index (Phi) is 5.01. The first-order valence-electron chi connectivity index (χ1n) is 7.83. The molecule has 1 aliphatic rings. The molecule has 1 saturated carbocycles. The number of halogens is 1. The van der Waals surface area contributed by atoms with Gasteiger partial charge in [0.15, 0.2) is 0 Å². The first-order chi connectivity index (χ1) is 11.8. The molecule has 0 amide bonds. The maximum Gasteiger partial charge on any atom is 0.216 e. The van der Waals surface area contributed by atoms with Crippen LogP contribution in [0.25, 0.3) is 5.57 Å². The largest absolute Gasteiger partial charge is 0.488 e. The number of H-pyrrole nitrogens is 1. The van der Waals surface area contributed by atoms with E-state index in [-0.39, 0.29) is 23.2 Å². The van der Waals surface area contributed by atoms with Crippen molar-refractivity contribution in [2.75, 3.05) is 5.32 Å². The Morgan fingerprint density at radius 2 is 2.21 bits per heavy atom. The van der Waals surface area contributed by atoms with Crippen LogP contribution in [0.3, 0.4) is 0 Å². The summed E-state index contributed by atoms with van der Waals surface area (Å²) >= 11 is 0. The first kappa shape index (κ1) is 15.9. The number of para-hydroxylation sites is 1. The molecule has 2 aromatic rings. The molecule has 0 unspecified atom stereocenters. The van der Waals surface area contributed by atoms with Crippen molar-refractivity contribution in [1.82, 2.24) is 20.6 Å². The van der Waals surface area contributed by atoms with Crippen molar-refractivity contribution in [2.24, 2.45) is 0 Å². The smallest absolute Gasteiger partial charge is 0.216 e. The topological polar surface area (TPSA) is 99.5 Å². The van der Waals surface area contributed by atoms with Crippen LogP contribution < -0.4 is 10.1 Å². The molecule has 24 heavy (non-hydrogen) atoms. The van der Waals surface area contributed by atoms with Gasteiger partial charge in [0.2, 0.25) is 5.82 Å². The molecule has 7 nitrogen and oxygen atoms in total. The summed E-state index contributed by atoms with van der Waals surface area (Å²) < 4.78 is 20.2. The number of rotatable bonds is 5. The second-order valence-corrected chi connectivity index (χ2v) is 5.54. The third-order valence-corrected chi connectivity index (χ3v) is 3.89. The van der Waals surface area contributed by atoms with E-state index in [1.165, 1.54) is 18.7 Å². The van der Waals surface area contributed by atoms with Crippen LogP contribution in [-0.2, 0) is 0 Å². The number of ether oxygens (including phenoxy) is 1. The summed E-state index contributed by atoms with van der Waals surface area (Å²) in [4.78, 5) is 0. The number of aromatic nitrogens is 4. The summed E-state index contributed by atoms with van der Waals surface area (Å²) in [6.07, 6.45) is 6.84. The summed E-state index contributed by atoms with van der Waals surface area (Å²) in [5.74, 6) is 0.115. The van der Waals surface area contributed by atoms with Crippen molar-refractivity contribution in [2.45, 2.75) is 38.2 Å². The number of nitrogens with zero attached hydrogens (tertiary/aromatic N) is 4. The van der Waals surface area contributed by atoms with E-state index in [2.05, 4.69) is 25.9 Å². The molecule has 0 bridgehead atoms. The molecule has 1 aromatic heterocycles. The van der Waals surface area contributed by atoms with Crippen molar-refractivity contribution in [3.05, 3.63) is 36.0 Å². The third-order valence-electron chi connectivity index (χ3n) is 3.89. The zero-order valence-corrected chi connectivity index (χ0v) is 13.0. The molecular weight excluding hydrogens is 311 g/mol. The maximum atomic E-state index is 14.2. The van der Waals surface area contributed by atoms with Crippen molar-refractivity contribution >= 4 is 11.3 Å². The first-order valence-corrected chi connectivity index (χ1v) is 7.83. The van der Waals surface area contributed by atoms with E-state index in [4.69, 9.17) is 4.74 Å². The molecule has 1 aliphatic carbocycles. The standard InChI is InChI=1S/C16H17FN6O/c17-13-7-4-8-14(24-12-5-2-1-3-6-12)15(13)19-10-11(9-18)16-20-22-23-21-16/h4,7-8,10,12,19H,1-3,5-6H2,(H,20,21,22,23). The lowest BCUT2D eigenvalue weighted by Crippen LogP contribution is -2.20. The SMILES string of the molecule is N#CC(=CNc1c(F)cccc1OC1CCCCC1)c1nn[nH]n1. The van der Waals surface area contributed by atoms with Gasteiger partial charge < -0.3 is 10.1 Å². The van der Waals surface area contributed by atoms with Crippen molar-refractivity contribution in [3.63, 3.8) is 0 Å². The molecule has 0 radical (unpaired) electrons. The number of tetrazole rings is 1. The van der Waals surface area contributed by atoms with Crippen LogP contribution >= 0.6 is 0 Å². The van der Waals surface area contributed by atoms with Gasteiger partial charge >= 0.3 is 0 Å². The van der Waals surface area contributed by atoms with Gasteiger partial charge in [-0.1, -0.05) is 12.5 Å². The second kappa shape index (κ2) is 7.55. The van der Waals surface area contributed by atoms with Gasteiger partial charge in [-0.05, 0) is 43.0 Å². The van der Waals surface area contributed by atoms with Crippen molar-refractivity contribution in [3.8, 4) is 11.8 Å². The van der Waals surface area contributed by atoms with Crippen LogP contribution in [-0.4, -0.2) is 26.7 Å². The van der Waals surface area contributed by atoms with Crippen LogP contribution in [0.1, 0.15) is 37.9 Å². The summed E-state index contributed by atoms with van der Waals surface area (Å²) in [6, 6.07) is 6.60. The average Bonchev–Trinajstić information content (AvgIpc) is 3.13. The monoisotopic (exact) mass is 328 g/mol. The number of nitriles is 1. The molecule has 8 heteroatoms. The molecule has 1 aromatic carbocycles. The number of hydrogen-bond acceptors (Lipinski definition) is 6. The number of aromatic amines is 1. The predicted octanol–water partition coefficient (Wildman–Crippen LogP) is 3.03. The Balaban J connectivity index is 1.80. The quantitative estimate of drug-likeness (QED) is 0.818. The number of anilines is 1. The predicted molar refractivity (Wildman–Crippen MR) is 85.3 cm³/mol. The third kappa shape index (κ3) is 3.68. The van der Waals surface area contributed by atoms with Crippen LogP contribution in [0.15, 0.2) is 24.4 Å². The minimum Gasteiger partial charge on any atom is -0.488 e. The van der Waals surface area contributed by atoms with Crippen molar-refractivity contribution < 1.29 is 9.13 Å². The Hall–Kier alpha value is -2.95. The average molecular weight is 328 g/mol. The van der Waals surface area contributed by atoms with Gasteiger partial charge in [0, 0.05) is 6.20 Å². The fourth-order valence-corrected chi connectivity index (χ4v) is 2.67.